The van der Waals surface area contributed by atoms with E-state index >= 15 is 0 Å². The Kier molecular flexibility index (Phi) is 7.43. The zero-order valence-electron chi connectivity index (χ0n) is 21.7. The smallest absolute Gasteiger partial charge is 0.356 e. The van der Waals surface area contributed by atoms with Crippen LogP contribution in [0.15, 0.2) is 12.2 Å². The van der Waals surface area contributed by atoms with E-state index in [0.717, 1.165) is 0 Å². The molecule has 0 radical (unpaired) electrons. The lowest BCUT2D eigenvalue weighted by Crippen LogP contribution is -2.60. The highest BCUT2D eigenvalue weighted by atomic mass is 19.4. The van der Waals surface area contributed by atoms with Crippen LogP contribution in [-0.4, -0.2) is 65.9 Å². The first-order valence-electron chi connectivity index (χ1n) is 12.3. The molecule has 12 heteroatoms. The first kappa shape index (κ1) is 28.5. The van der Waals surface area contributed by atoms with Crippen LogP contribution in [0.3, 0.4) is 0 Å². The zero-order valence-corrected chi connectivity index (χ0v) is 21.7. The molecule has 204 valence electrons. The Bertz CT molecular complexity index is 1040. The quantitative estimate of drug-likeness (QED) is 0.435. The number of alkyl halides is 3. The topological polar surface area (TPSA) is 131 Å². The van der Waals surface area contributed by atoms with Gasteiger partial charge in [-0.3, -0.25) is 19.2 Å². The van der Waals surface area contributed by atoms with Gasteiger partial charge in [0.15, 0.2) is 0 Å². The van der Waals surface area contributed by atoms with Gasteiger partial charge in [-0.2, -0.15) is 18.4 Å². The Morgan fingerprint density at radius 1 is 1.24 bits per heavy atom. The molecule has 1 saturated carbocycles. The van der Waals surface area contributed by atoms with Gasteiger partial charge in [-0.05, 0) is 35.5 Å². The lowest BCUT2D eigenvalue weighted by molar-refractivity contribution is -0.146. The molecule has 2 heterocycles. The summed E-state index contributed by atoms with van der Waals surface area (Å²) in [5, 5.41) is 17.1. The van der Waals surface area contributed by atoms with E-state index in [9.17, 15) is 37.6 Å². The Balaban J connectivity index is 1.81. The highest BCUT2D eigenvalue weighted by molar-refractivity contribution is 5.99. The average molecular weight is 526 g/mol. The van der Waals surface area contributed by atoms with Gasteiger partial charge in [-0.25, -0.2) is 0 Å². The maximum atomic E-state index is 13.7. The number of hydrogen-bond acceptors (Lipinski definition) is 5. The molecule has 37 heavy (non-hydrogen) atoms. The molecule has 0 bridgehead atoms. The Labute approximate surface area is 214 Å². The van der Waals surface area contributed by atoms with E-state index in [2.05, 4.69) is 22.5 Å². The fraction of sp³-hybridized carbons (Fsp3) is 0.720. The van der Waals surface area contributed by atoms with E-state index in [1.54, 1.807) is 20.8 Å². The molecule has 4 amide bonds. The van der Waals surface area contributed by atoms with Crippen molar-refractivity contribution in [3.8, 4) is 6.07 Å². The van der Waals surface area contributed by atoms with Crippen LogP contribution < -0.4 is 16.0 Å². The highest BCUT2D eigenvalue weighted by Crippen LogP contribution is 2.65. The molecule has 0 unspecified atom stereocenters. The van der Waals surface area contributed by atoms with Gasteiger partial charge < -0.3 is 20.9 Å². The summed E-state index contributed by atoms with van der Waals surface area (Å²) in [6, 6.07) is -1.27. The molecule has 0 aromatic heterocycles. The van der Waals surface area contributed by atoms with Crippen molar-refractivity contribution in [2.45, 2.75) is 71.8 Å². The maximum Gasteiger partial charge on any atom is 0.421 e. The number of rotatable bonds is 7. The summed E-state index contributed by atoms with van der Waals surface area (Å²) in [6.07, 6.45) is -4.28. The van der Waals surface area contributed by atoms with Crippen LogP contribution in [0, 0.1) is 39.9 Å². The molecular formula is C25H34F3N5O4. The van der Waals surface area contributed by atoms with E-state index < -0.39 is 58.9 Å². The fourth-order valence-corrected chi connectivity index (χ4v) is 5.53. The van der Waals surface area contributed by atoms with Crippen molar-refractivity contribution in [2.24, 2.45) is 28.6 Å². The van der Waals surface area contributed by atoms with E-state index in [1.165, 1.54) is 4.90 Å². The third kappa shape index (κ3) is 5.60. The average Bonchev–Trinajstić information content (AvgIpc) is 3.14. The fourth-order valence-electron chi connectivity index (χ4n) is 5.53. The molecule has 3 aliphatic rings. The second-order valence-corrected chi connectivity index (χ2v) is 11.8. The first-order chi connectivity index (χ1) is 16.9. The van der Waals surface area contributed by atoms with Gasteiger partial charge >= 0.3 is 6.18 Å². The number of hydrogen-bond donors (Lipinski definition) is 3. The number of nitrogens with zero attached hydrogens (tertiary/aromatic N) is 2. The lowest BCUT2D eigenvalue weighted by atomic mass is 9.85. The van der Waals surface area contributed by atoms with Crippen LogP contribution in [0.25, 0.3) is 0 Å². The van der Waals surface area contributed by atoms with Crippen molar-refractivity contribution in [1.82, 2.24) is 20.9 Å². The van der Waals surface area contributed by atoms with Crippen LogP contribution in [-0.2, 0) is 19.2 Å². The largest absolute Gasteiger partial charge is 0.421 e. The number of fused-ring (bicyclic) bond motifs is 1. The maximum absolute atomic E-state index is 13.7. The van der Waals surface area contributed by atoms with Gasteiger partial charge in [0.05, 0.1) is 6.07 Å². The second-order valence-electron chi connectivity index (χ2n) is 11.8. The predicted octanol–water partition coefficient (Wildman–Crippen LogP) is 1.65. The molecule has 2 aliphatic heterocycles. The number of piperidine rings is 1. The van der Waals surface area contributed by atoms with Gasteiger partial charge in [0.1, 0.15) is 23.7 Å². The number of nitrogens with one attached hydrogen (secondary N) is 3. The summed E-state index contributed by atoms with van der Waals surface area (Å²) >= 11 is 0. The van der Waals surface area contributed by atoms with Crippen molar-refractivity contribution in [3.63, 3.8) is 0 Å². The predicted molar refractivity (Wildman–Crippen MR) is 126 cm³/mol. The van der Waals surface area contributed by atoms with E-state index in [0.29, 0.717) is 13.0 Å². The number of likely N-dealkylation sites (tertiary alicyclic amines) is 1. The molecule has 0 aromatic rings. The molecule has 0 spiro atoms. The van der Waals surface area contributed by atoms with Crippen LogP contribution in [0.5, 0.6) is 0 Å². The third-order valence-electron chi connectivity index (χ3n) is 7.92. The van der Waals surface area contributed by atoms with Gasteiger partial charge in [-0.15, -0.1) is 0 Å². The highest BCUT2D eigenvalue weighted by Gasteiger charge is 2.69. The summed E-state index contributed by atoms with van der Waals surface area (Å²) in [7, 11) is 0. The van der Waals surface area contributed by atoms with E-state index in [1.807, 2.05) is 19.9 Å². The molecule has 3 fully saturated rings. The normalized spacial score (nSPS) is 27.9. The van der Waals surface area contributed by atoms with Crippen molar-refractivity contribution in [3.05, 3.63) is 12.2 Å². The van der Waals surface area contributed by atoms with Crippen molar-refractivity contribution >= 4 is 23.6 Å². The number of carbonyl (C=O) groups excluding carboxylic acids is 4. The molecule has 0 aromatic carbocycles. The number of carbonyl (C=O) groups is 4. The molecule has 6 atom stereocenters. The number of nitriles is 1. The van der Waals surface area contributed by atoms with Crippen LogP contribution >= 0.6 is 0 Å². The van der Waals surface area contributed by atoms with E-state index in [-0.39, 0.29) is 36.1 Å². The molecule has 2 saturated heterocycles. The van der Waals surface area contributed by atoms with Crippen molar-refractivity contribution in [1.29, 1.82) is 5.26 Å². The standard InChI is InChI=1S/C25H34F3N5O4/c1-12(25(26,27)28)19(34)32-18(23(2,3)4)22(37)33-11-15-16(24(15,5)6)17(33)21(36)31-14(10-29)9-13-7-8-30-20(13)35/h13-18H,1,7-9,11H2,2-6H3,(H,30,35)(H,31,36)(H,32,34)/t13-,14-,15-,16-,17-,18+/m0/s1. The van der Waals surface area contributed by atoms with Crippen molar-refractivity contribution < 1.29 is 32.3 Å². The Morgan fingerprint density at radius 3 is 2.35 bits per heavy atom. The van der Waals surface area contributed by atoms with Crippen LogP contribution in [0.2, 0.25) is 0 Å². The van der Waals surface area contributed by atoms with Gasteiger partial charge in [0, 0.05) is 19.0 Å². The monoisotopic (exact) mass is 525 g/mol. The van der Waals surface area contributed by atoms with Gasteiger partial charge in [0.25, 0.3) is 5.91 Å². The van der Waals surface area contributed by atoms with Crippen molar-refractivity contribution in [2.75, 3.05) is 13.1 Å². The number of halogens is 3. The number of amides is 4. The SMILES string of the molecule is C=C(C(=O)N[C@H](C(=O)N1C[C@H]2[C@@H]([C@H]1C(=O)N[C@H](C#N)C[C@@H]1CCNC1=O)C2(C)C)C(C)(C)C)C(F)(F)F. The van der Waals surface area contributed by atoms with Crippen LogP contribution in [0.4, 0.5) is 13.2 Å². The summed E-state index contributed by atoms with van der Waals surface area (Å²) < 4.78 is 39.1. The second kappa shape index (κ2) is 9.65. The molecule has 3 N–H and O–H groups in total. The zero-order chi connectivity index (χ0) is 28.1. The molecule has 9 nitrogen and oxygen atoms in total. The molecule has 3 rings (SSSR count). The van der Waals surface area contributed by atoms with Gasteiger partial charge in [-0.1, -0.05) is 41.2 Å². The molecular weight excluding hydrogens is 491 g/mol. The van der Waals surface area contributed by atoms with E-state index in [4.69, 9.17) is 0 Å². The summed E-state index contributed by atoms with van der Waals surface area (Å²) in [4.78, 5) is 52.6. The Morgan fingerprint density at radius 2 is 1.86 bits per heavy atom. The van der Waals surface area contributed by atoms with Gasteiger partial charge in [0.2, 0.25) is 17.7 Å². The third-order valence-corrected chi connectivity index (χ3v) is 7.92. The van der Waals surface area contributed by atoms with Crippen LogP contribution in [0.1, 0.15) is 47.5 Å². The lowest BCUT2D eigenvalue weighted by Gasteiger charge is -2.38. The summed E-state index contributed by atoms with van der Waals surface area (Å²) in [6.45, 7) is 12.2. The first-order valence-corrected chi connectivity index (χ1v) is 12.3. The minimum absolute atomic E-state index is 0.0187. The molecule has 1 aliphatic carbocycles. The Hall–Kier alpha value is -3.10. The summed E-state index contributed by atoms with van der Waals surface area (Å²) in [5.74, 6) is -3.57. The summed E-state index contributed by atoms with van der Waals surface area (Å²) in [5.41, 5.74) is -2.85. The minimum Gasteiger partial charge on any atom is -0.356 e. The minimum atomic E-state index is -4.96.